The third-order valence-corrected chi connectivity index (χ3v) is 6.84. The van der Waals surface area contributed by atoms with Gasteiger partial charge in [-0.05, 0) is 31.0 Å². The highest BCUT2D eigenvalue weighted by Crippen LogP contribution is 2.26. The van der Waals surface area contributed by atoms with Gasteiger partial charge in [-0.2, -0.15) is 4.31 Å². The van der Waals surface area contributed by atoms with E-state index in [0.29, 0.717) is 29.0 Å². The first kappa shape index (κ1) is 19.0. The molecule has 2 aliphatic rings. The quantitative estimate of drug-likeness (QED) is 0.868. The number of nitrogens with zero attached hydrogens (tertiary/aromatic N) is 2. The topological polar surface area (TPSA) is 52.7 Å². The molecule has 1 aromatic rings. The summed E-state index contributed by atoms with van der Waals surface area (Å²) in [5.41, 5.74) is 0.890. The van der Waals surface area contributed by atoms with E-state index in [2.05, 4.69) is 10.2 Å². The number of nitrogens with one attached hydrogen (secondary N) is 1. The number of sulfonamides is 1. The number of benzene rings is 1. The Balaban J connectivity index is 0.00000192. The average molecular weight is 380 g/mol. The van der Waals surface area contributed by atoms with Crippen molar-refractivity contribution in [3.8, 4) is 0 Å². The maximum absolute atomic E-state index is 12.8. The summed E-state index contributed by atoms with van der Waals surface area (Å²) < 4.78 is 27.1. The highest BCUT2D eigenvalue weighted by atomic mass is 35.5. The third kappa shape index (κ3) is 4.00. The number of rotatable bonds is 3. The van der Waals surface area contributed by atoms with Crippen molar-refractivity contribution in [1.29, 1.82) is 0 Å². The van der Waals surface area contributed by atoms with Crippen LogP contribution in [0.5, 0.6) is 0 Å². The second-order valence-corrected chi connectivity index (χ2v) is 8.35. The van der Waals surface area contributed by atoms with Gasteiger partial charge in [-0.25, -0.2) is 8.42 Å². The zero-order chi connectivity index (χ0) is 15.7. The molecule has 5 nitrogen and oxygen atoms in total. The molecule has 0 aliphatic carbocycles. The van der Waals surface area contributed by atoms with Gasteiger partial charge in [0.2, 0.25) is 10.0 Å². The highest BCUT2D eigenvalue weighted by molar-refractivity contribution is 7.89. The Morgan fingerprint density at radius 1 is 1.22 bits per heavy atom. The number of piperazine rings is 1. The smallest absolute Gasteiger partial charge is 0.243 e. The summed E-state index contributed by atoms with van der Waals surface area (Å²) in [6.45, 7) is 6.99. The van der Waals surface area contributed by atoms with Crippen LogP contribution in [0.4, 0.5) is 0 Å². The molecular formula is C15H23Cl2N3O2S. The van der Waals surface area contributed by atoms with Gasteiger partial charge in [0.25, 0.3) is 0 Å². The first-order chi connectivity index (χ1) is 10.5. The first-order valence-electron chi connectivity index (χ1n) is 7.69. The lowest BCUT2D eigenvalue weighted by Crippen LogP contribution is -2.49. The lowest BCUT2D eigenvalue weighted by molar-refractivity contribution is 0.179. The van der Waals surface area contributed by atoms with Crippen LogP contribution in [0.3, 0.4) is 0 Å². The predicted molar refractivity (Wildman–Crippen MR) is 95.0 cm³/mol. The molecule has 0 radical (unpaired) electrons. The number of aryl methyl sites for hydroxylation is 1. The minimum atomic E-state index is -3.44. The van der Waals surface area contributed by atoms with Gasteiger partial charge >= 0.3 is 0 Å². The van der Waals surface area contributed by atoms with Gasteiger partial charge in [-0.15, -0.1) is 12.4 Å². The van der Waals surface area contributed by atoms with E-state index in [9.17, 15) is 8.42 Å². The van der Waals surface area contributed by atoms with Gasteiger partial charge in [0.15, 0.2) is 0 Å². The highest BCUT2D eigenvalue weighted by Gasteiger charge is 2.35. The Morgan fingerprint density at radius 2 is 1.91 bits per heavy atom. The molecule has 130 valence electrons. The Hall–Kier alpha value is -0.370. The van der Waals surface area contributed by atoms with Gasteiger partial charge in [-0.1, -0.05) is 17.7 Å². The fourth-order valence-corrected chi connectivity index (χ4v) is 4.92. The van der Waals surface area contributed by atoms with Crippen LogP contribution in [-0.2, 0) is 10.0 Å². The largest absolute Gasteiger partial charge is 0.314 e. The first-order valence-corrected chi connectivity index (χ1v) is 9.51. The minimum absolute atomic E-state index is 0. The summed E-state index contributed by atoms with van der Waals surface area (Å²) in [6, 6.07) is 5.30. The summed E-state index contributed by atoms with van der Waals surface area (Å²) in [5.74, 6) is 0. The summed E-state index contributed by atoms with van der Waals surface area (Å²) in [5, 5.41) is 3.83. The van der Waals surface area contributed by atoms with Crippen LogP contribution in [0.2, 0.25) is 5.02 Å². The van der Waals surface area contributed by atoms with E-state index in [0.717, 1.165) is 38.2 Å². The zero-order valence-electron chi connectivity index (χ0n) is 13.2. The average Bonchev–Trinajstić information content (AvgIpc) is 3.01. The second kappa shape index (κ2) is 7.68. The van der Waals surface area contributed by atoms with Crippen molar-refractivity contribution in [3.05, 3.63) is 28.8 Å². The van der Waals surface area contributed by atoms with E-state index < -0.39 is 10.0 Å². The molecule has 0 spiro atoms. The van der Waals surface area contributed by atoms with Gasteiger partial charge in [0.05, 0.1) is 4.90 Å². The molecule has 0 saturated carbocycles. The molecule has 2 aliphatic heterocycles. The van der Waals surface area contributed by atoms with E-state index in [1.54, 1.807) is 22.5 Å². The van der Waals surface area contributed by atoms with Crippen molar-refractivity contribution in [2.24, 2.45) is 0 Å². The molecule has 2 fully saturated rings. The molecular weight excluding hydrogens is 357 g/mol. The Kier molecular flexibility index (Phi) is 6.33. The van der Waals surface area contributed by atoms with Gasteiger partial charge in [0, 0.05) is 50.3 Å². The predicted octanol–water partition coefficient (Wildman–Crippen LogP) is 1.74. The zero-order valence-corrected chi connectivity index (χ0v) is 15.6. The van der Waals surface area contributed by atoms with E-state index in [4.69, 9.17) is 11.6 Å². The fraction of sp³-hybridized carbons (Fsp3) is 0.600. The van der Waals surface area contributed by atoms with Crippen LogP contribution < -0.4 is 5.32 Å². The van der Waals surface area contributed by atoms with Crippen LogP contribution in [0, 0.1) is 6.92 Å². The van der Waals surface area contributed by atoms with E-state index in [-0.39, 0.29) is 12.4 Å². The molecule has 8 heteroatoms. The summed E-state index contributed by atoms with van der Waals surface area (Å²) in [7, 11) is -3.44. The van der Waals surface area contributed by atoms with Gasteiger partial charge in [-0.3, -0.25) is 4.90 Å². The van der Waals surface area contributed by atoms with Gasteiger partial charge < -0.3 is 5.32 Å². The molecule has 23 heavy (non-hydrogen) atoms. The minimum Gasteiger partial charge on any atom is -0.314 e. The molecule has 1 atom stereocenters. The van der Waals surface area contributed by atoms with Crippen molar-refractivity contribution in [2.45, 2.75) is 24.3 Å². The van der Waals surface area contributed by atoms with Crippen molar-refractivity contribution in [3.63, 3.8) is 0 Å². The molecule has 2 heterocycles. The second-order valence-electron chi connectivity index (χ2n) is 6.00. The summed E-state index contributed by atoms with van der Waals surface area (Å²) in [4.78, 5) is 2.69. The Bertz CT molecular complexity index is 648. The molecule has 0 bridgehead atoms. The summed E-state index contributed by atoms with van der Waals surface area (Å²) >= 11 is 6.08. The van der Waals surface area contributed by atoms with E-state index >= 15 is 0 Å². The van der Waals surface area contributed by atoms with Gasteiger partial charge in [0.1, 0.15) is 0 Å². The monoisotopic (exact) mass is 379 g/mol. The number of halogens is 2. The Morgan fingerprint density at radius 3 is 2.57 bits per heavy atom. The van der Waals surface area contributed by atoms with Crippen molar-refractivity contribution < 1.29 is 8.42 Å². The number of hydrogen-bond acceptors (Lipinski definition) is 4. The number of hydrogen-bond donors (Lipinski definition) is 1. The molecule has 0 aromatic heterocycles. The lowest BCUT2D eigenvalue weighted by Gasteiger charge is -2.32. The van der Waals surface area contributed by atoms with Crippen molar-refractivity contribution in [1.82, 2.24) is 14.5 Å². The normalized spacial score (nSPS) is 23.7. The van der Waals surface area contributed by atoms with E-state index in [1.807, 2.05) is 6.92 Å². The SMILES string of the molecule is Cc1ccc(S(=O)(=O)N2CCC(N3CCNCC3)C2)cc1Cl.Cl. The van der Waals surface area contributed by atoms with E-state index in [1.165, 1.54) is 0 Å². The van der Waals surface area contributed by atoms with Crippen molar-refractivity contribution >= 4 is 34.0 Å². The molecule has 0 amide bonds. The fourth-order valence-electron chi connectivity index (χ4n) is 3.16. The van der Waals surface area contributed by atoms with Crippen LogP contribution >= 0.6 is 24.0 Å². The maximum atomic E-state index is 12.8. The molecule has 3 rings (SSSR count). The van der Waals surface area contributed by atoms with Crippen molar-refractivity contribution in [2.75, 3.05) is 39.3 Å². The molecule has 1 N–H and O–H groups in total. The lowest BCUT2D eigenvalue weighted by atomic mass is 10.2. The molecule has 1 unspecified atom stereocenters. The standard InChI is InChI=1S/C15H22ClN3O2S.ClH/c1-12-2-3-14(10-15(12)16)22(20,21)19-7-4-13(11-19)18-8-5-17-6-9-18;/h2-3,10,13,17H,4-9,11H2,1H3;1H. The van der Waals surface area contributed by atoms with Crippen LogP contribution in [0.15, 0.2) is 23.1 Å². The van der Waals surface area contributed by atoms with Crippen LogP contribution in [-0.4, -0.2) is 62.9 Å². The molecule has 2 saturated heterocycles. The maximum Gasteiger partial charge on any atom is 0.243 e. The molecule has 1 aromatic carbocycles. The third-order valence-electron chi connectivity index (χ3n) is 4.58. The summed E-state index contributed by atoms with van der Waals surface area (Å²) in [6.07, 6.45) is 0.902. The van der Waals surface area contributed by atoms with Crippen LogP contribution in [0.1, 0.15) is 12.0 Å². The Labute approximate surface area is 149 Å². The van der Waals surface area contributed by atoms with Crippen LogP contribution in [0.25, 0.3) is 0 Å².